The lowest BCUT2D eigenvalue weighted by Crippen LogP contribution is -2.02. The van der Waals surface area contributed by atoms with E-state index in [-0.39, 0.29) is 5.95 Å². The van der Waals surface area contributed by atoms with Gasteiger partial charge >= 0.3 is 0 Å². The summed E-state index contributed by atoms with van der Waals surface area (Å²) >= 11 is 5.94. The molecule has 0 radical (unpaired) electrons. The van der Waals surface area contributed by atoms with Crippen molar-refractivity contribution in [2.24, 2.45) is 0 Å². The fraction of sp³-hybridized carbons (Fsp3) is 0. The molecular weight excluding hydrogens is 278 g/mol. The van der Waals surface area contributed by atoms with Gasteiger partial charge < -0.3 is 16.0 Å². The second-order valence-corrected chi connectivity index (χ2v) is 4.39. The predicted molar refractivity (Wildman–Crippen MR) is 75.5 cm³/mol. The van der Waals surface area contributed by atoms with Crippen LogP contribution in [0, 0.1) is 11.3 Å². The SMILES string of the molecule is N#Cc1ccc(Cl)cc1Nc1nc(N)nc2nc[nH]c12. The van der Waals surface area contributed by atoms with Gasteiger partial charge in [0.25, 0.3) is 0 Å². The van der Waals surface area contributed by atoms with Crippen LogP contribution in [0.5, 0.6) is 0 Å². The zero-order valence-electron chi connectivity index (χ0n) is 10.1. The van der Waals surface area contributed by atoms with Gasteiger partial charge in [-0.25, -0.2) is 4.98 Å². The number of nitrogen functional groups attached to an aromatic ring is 1. The lowest BCUT2D eigenvalue weighted by atomic mass is 10.2. The number of aromatic nitrogens is 4. The summed E-state index contributed by atoms with van der Waals surface area (Å²) in [5.74, 6) is 0.524. The van der Waals surface area contributed by atoms with Gasteiger partial charge in [-0.05, 0) is 18.2 Å². The maximum atomic E-state index is 9.10. The molecule has 98 valence electrons. The molecule has 2 heterocycles. The van der Waals surface area contributed by atoms with Crippen molar-refractivity contribution in [1.82, 2.24) is 19.9 Å². The second-order valence-electron chi connectivity index (χ2n) is 3.96. The monoisotopic (exact) mass is 285 g/mol. The second kappa shape index (κ2) is 4.68. The van der Waals surface area contributed by atoms with Crippen molar-refractivity contribution in [2.45, 2.75) is 0 Å². The van der Waals surface area contributed by atoms with Gasteiger partial charge in [-0.1, -0.05) is 11.6 Å². The van der Waals surface area contributed by atoms with Gasteiger partial charge in [-0.3, -0.25) is 0 Å². The normalized spacial score (nSPS) is 10.4. The number of nitrogens with one attached hydrogen (secondary N) is 2. The number of rotatable bonds is 2. The summed E-state index contributed by atoms with van der Waals surface area (Å²) in [6, 6.07) is 6.99. The number of halogens is 1. The Morgan fingerprint density at radius 3 is 3.00 bits per heavy atom. The van der Waals surface area contributed by atoms with Crippen LogP contribution in [0.15, 0.2) is 24.5 Å². The fourth-order valence-corrected chi connectivity index (χ4v) is 1.96. The molecule has 0 unspecified atom stereocenters. The Morgan fingerprint density at radius 2 is 2.20 bits per heavy atom. The standard InChI is InChI=1S/C12H8ClN7/c13-7-2-1-6(4-14)8(3-7)18-11-9-10(17-5-16-9)19-12(15)20-11/h1-3,5H,(H4,15,16,17,18,19,20). The molecule has 0 bridgehead atoms. The van der Waals surface area contributed by atoms with E-state index in [2.05, 4.69) is 31.3 Å². The van der Waals surface area contributed by atoms with Crippen LogP contribution in [0.4, 0.5) is 17.5 Å². The summed E-state index contributed by atoms with van der Waals surface area (Å²) in [6.07, 6.45) is 1.49. The molecular formula is C12H8ClN7. The Labute approximate surface area is 118 Å². The number of H-pyrrole nitrogens is 1. The third kappa shape index (κ3) is 2.08. The van der Waals surface area contributed by atoms with E-state index in [4.69, 9.17) is 22.6 Å². The molecule has 0 amide bonds. The predicted octanol–water partition coefficient (Wildman–Crippen LogP) is 2.20. The average Bonchev–Trinajstić information content (AvgIpc) is 2.87. The van der Waals surface area contributed by atoms with Crippen molar-refractivity contribution in [3.63, 3.8) is 0 Å². The minimum atomic E-state index is 0.0904. The number of nitriles is 1. The first-order valence-corrected chi connectivity index (χ1v) is 5.98. The molecule has 0 saturated carbocycles. The number of anilines is 3. The molecule has 0 saturated heterocycles. The smallest absolute Gasteiger partial charge is 0.224 e. The third-order valence-electron chi connectivity index (χ3n) is 2.66. The highest BCUT2D eigenvalue weighted by Crippen LogP contribution is 2.26. The largest absolute Gasteiger partial charge is 0.368 e. The first-order chi connectivity index (χ1) is 9.67. The van der Waals surface area contributed by atoms with Crippen LogP contribution in [-0.2, 0) is 0 Å². The maximum absolute atomic E-state index is 9.10. The summed E-state index contributed by atoms with van der Waals surface area (Å²) < 4.78 is 0. The minimum absolute atomic E-state index is 0.0904. The quantitative estimate of drug-likeness (QED) is 0.664. The summed E-state index contributed by atoms with van der Waals surface area (Å²) in [6.45, 7) is 0. The Balaban J connectivity index is 2.12. The molecule has 8 heteroatoms. The van der Waals surface area contributed by atoms with Crippen LogP contribution >= 0.6 is 11.6 Å². The highest BCUT2D eigenvalue weighted by atomic mass is 35.5. The highest BCUT2D eigenvalue weighted by molar-refractivity contribution is 6.30. The molecule has 0 aliphatic heterocycles. The number of imidazole rings is 1. The fourth-order valence-electron chi connectivity index (χ4n) is 1.79. The van der Waals surface area contributed by atoms with E-state index in [9.17, 15) is 0 Å². The lowest BCUT2D eigenvalue weighted by molar-refractivity contribution is 1.21. The van der Waals surface area contributed by atoms with Gasteiger partial charge in [0.05, 0.1) is 17.6 Å². The van der Waals surface area contributed by atoms with Gasteiger partial charge in [0, 0.05) is 5.02 Å². The van der Waals surface area contributed by atoms with E-state index in [1.54, 1.807) is 18.2 Å². The van der Waals surface area contributed by atoms with Crippen molar-refractivity contribution in [3.8, 4) is 6.07 Å². The van der Waals surface area contributed by atoms with Gasteiger partial charge in [0.2, 0.25) is 5.95 Å². The molecule has 7 nitrogen and oxygen atoms in total. The first-order valence-electron chi connectivity index (χ1n) is 5.60. The Kier molecular flexibility index (Phi) is 2.85. The van der Waals surface area contributed by atoms with Gasteiger partial charge in [-0.2, -0.15) is 15.2 Å². The van der Waals surface area contributed by atoms with Crippen LogP contribution < -0.4 is 11.1 Å². The van der Waals surface area contributed by atoms with Crippen LogP contribution in [-0.4, -0.2) is 19.9 Å². The molecule has 4 N–H and O–H groups in total. The molecule has 0 fully saturated rings. The molecule has 2 aromatic heterocycles. The minimum Gasteiger partial charge on any atom is -0.368 e. The van der Waals surface area contributed by atoms with Crippen molar-refractivity contribution >= 4 is 40.2 Å². The third-order valence-corrected chi connectivity index (χ3v) is 2.89. The molecule has 0 spiro atoms. The number of hydrogen-bond donors (Lipinski definition) is 3. The Hall–Kier alpha value is -2.85. The zero-order valence-corrected chi connectivity index (χ0v) is 10.8. The van der Waals surface area contributed by atoms with Crippen LogP contribution in [0.25, 0.3) is 11.2 Å². The summed E-state index contributed by atoms with van der Waals surface area (Å²) in [7, 11) is 0. The van der Waals surface area contributed by atoms with Crippen molar-refractivity contribution in [3.05, 3.63) is 35.1 Å². The maximum Gasteiger partial charge on any atom is 0.224 e. The zero-order chi connectivity index (χ0) is 14.1. The van der Waals surface area contributed by atoms with Gasteiger partial charge in [-0.15, -0.1) is 0 Å². The van der Waals surface area contributed by atoms with E-state index in [1.165, 1.54) is 6.33 Å². The van der Waals surface area contributed by atoms with Gasteiger partial charge in [0.1, 0.15) is 11.6 Å². The molecule has 1 aromatic carbocycles. The molecule has 3 aromatic rings. The summed E-state index contributed by atoms with van der Waals surface area (Å²) in [4.78, 5) is 15.0. The van der Waals surface area contributed by atoms with Gasteiger partial charge in [0.15, 0.2) is 11.5 Å². The highest BCUT2D eigenvalue weighted by Gasteiger charge is 2.11. The van der Waals surface area contributed by atoms with E-state index in [1.807, 2.05) is 0 Å². The summed E-state index contributed by atoms with van der Waals surface area (Å²) in [5.41, 5.74) is 7.66. The number of fused-ring (bicyclic) bond motifs is 1. The number of nitrogens with zero attached hydrogens (tertiary/aromatic N) is 4. The first kappa shape index (κ1) is 12.2. The number of aromatic amines is 1. The van der Waals surface area contributed by atoms with E-state index in [0.29, 0.717) is 33.3 Å². The molecule has 0 aliphatic carbocycles. The topological polar surface area (TPSA) is 116 Å². The Morgan fingerprint density at radius 1 is 1.35 bits per heavy atom. The van der Waals surface area contributed by atoms with E-state index >= 15 is 0 Å². The summed E-state index contributed by atoms with van der Waals surface area (Å²) in [5, 5.41) is 12.6. The molecule has 3 rings (SSSR count). The Bertz CT molecular complexity index is 833. The van der Waals surface area contributed by atoms with Crippen LogP contribution in [0.2, 0.25) is 5.02 Å². The van der Waals surface area contributed by atoms with E-state index < -0.39 is 0 Å². The van der Waals surface area contributed by atoms with Crippen LogP contribution in [0.1, 0.15) is 5.56 Å². The van der Waals surface area contributed by atoms with Crippen molar-refractivity contribution in [2.75, 3.05) is 11.1 Å². The number of nitrogens with two attached hydrogens (primary N) is 1. The number of hydrogen-bond acceptors (Lipinski definition) is 6. The van der Waals surface area contributed by atoms with Crippen molar-refractivity contribution < 1.29 is 0 Å². The van der Waals surface area contributed by atoms with E-state index in [0.717, 1.165) is 0 Å². The molecule has 20 heavy (non-hydrogen) atoms. The van der Waals surface area contributed by atoms with Crippen molar-refractivity contribution in [1.29, 1.82) is 5.26 Å². The lowest BCUT2D eigenvalue weighted by Gasteiger charge is -2.08. The van der Waals surface area contributed by atoms with Crippen LogP contribution in [0.3, 0.4) is 0 Å². The number of benzene rings is 1. The average molecular weight is 286 g/mol. The molecule has 0 aliphatic rings. The molecule has 0 atom stereocenters.